The van der Waals surface area contributed by atoms with Gasteiger partial charge in [0, 0.05) is 25.0 Å². The minimum Gasteiger partial charge on any atom is -0.378 e. The molecule has 24 heavy (non-hydrogen) atoms. The Morgan fingerprint density at radius 1 is 1.17 bits per heavy atom. The number of ether oxygens (including phenoxy) is 1. The highest BCUT2D eigenvalue weighted by atomic mass is 16.5. The highest BCUT2D eigenvalue weighted by Gasteiger charge is 2.25. The molecule has 1 fully saturated rings. The molecule has 0 bridgehead atoms. The molecular formula is C19H21N3O2. The summed E-state index contributed by atoms with van der Waals surface area (Å²) in [6.07, 6.45) is 1.79. The first-order valence-corrected chi connectivity index (χ1v) is 8.20. The predicted octanol–water partition coefficient (Wildman–Crippen LogP) is 2.94. The molecule has 5 nitrogen and oxygen atoms in total. The summed E-state index contributed by atoms with van der Waals surface area (Å²) < 4.78 is 7.11. The first-order chi connectivity index (χ1) is 11.6. The van der Waals surface area contributed by atoms with Crippen molar-refractivity contribution >= 4 is 5.91 Å². The van der Waals surface area contributed by atoms with Gasteiger partial charge in [-0.05, 0) is 29.7 Å². The number of carbonyl (C=O) groups excluding carboxylic acids is 1. The number of morpholine rings is 1. The first kappa shape index (κ1) is 16.3. The van der Waals surface area contributed by atoms with Gasteiger partial charge in [0.2, 0.25) is 0 Å². The number of hydrogen-bond donors (Lipinski definition) is 0. The average molecular weight is 323 g/mol. The van der Waals surface area contributed by atoms with Crippen LogP contribution in [0.4, 0.5) is 0 Å². The summed E-state index contributed by atoms with van der Waals surface area (Å²) in [4.78, 5) is 14.7. The monoisotopic (exact) mass is 323 g/mol. The van der Waals surface area contributed by atoms with Crippen LogP contribution in [-0.4, -0.2) is 41.7 Å². The lowest BCUT2D eigenvalue weighted by atomic mass is 10.0. The largest absolute Gasteiger partial charge is 0.378 e. The van der Waals surface area contributed by atoms with Crippen LogP contribution in [0.5, 0.6) is 0 Å². The van der Waals surface area contributed by atoms with Gasteiger partial charge < -0.3 is 14.2 Å². The maximum Gasteiger partial charge on any atom is 0.272 e. The van der Waals surface area contributed by atoms with E-state index in [0.717, 1.165) is 5.69 Å². The van der Waals surface area contributed by atoms with Gasteiger partial charge in [0.1, 0.15) is 11.8 Å². The van der Waals surface area contributed by atoms with Gasteiger partial charge in [0.15, 0.2) is 0 Å². The fraction of sp³-hybridized carbons (Fsp3) is 0.368. The molecule has 1 amide bonds. The molecule has 2 heterocycles. The summed E-state index contributed by atoms with van der Waals surface area (Å²) in [6.45, 7) is 6.48. The molecule has 0 N–H and O–H groups in total. The number of rotatable bonds is 3. The van der Waals surface area contributed by atoms with E-state index in [1.165, 1.54) is 5.56 Å². The Labute approximate surface area is 142 Å². The third-order valence-corrected chi connectivity index (χ3v) is 4.35. The smallest absolute Gasteiger partial charge is 0.272 e. The Balaban J connectivity index is 1.98. The molecule has 3 rings (SSSR count). The van der Waals surface area contributed by atoms with Crippen LogP contribution in [0.15, 0.2) is 36.5 Å². The lowest BCUT2D eigenvalue weighted by molar-refractivity contribution is 0.0297. The zero-order valence-corrected chi connectivity index (χ0v) is 14.0. The first-order valence-electron chi connectivity index (χ1n) is 8.20. The van der Waals surface area contributed by atoms with Crippen molar-refractivity contribution in [3.63, 3.8) is 0 Å². The second-order valence-electron chi connectivity index (χ2n) is 6.21. The summed E-state index contributed by atoms with van der Waals surface area (Å²) in [6, 6.07) is 11.9. The predicted molar refractivity (Wildman–Crippen MR) is 91.3 cm³/mol. The fourth-order valence-corrected chi connectivity index (χ4v) is 2.89. The summed E-state index contributed by atoms with van der Waals surface area (Å²) in [7, 11) is 0. The fourth-order valence-electron chi connectivity index (χ4n) is 2.89. The molecule has 1 aromatic carbocycles. The van der Waals surface area contributed by atoms with Crippen molar-refractivity contribution in [1.29, 1.82) is 5.26 Å². The van der Waals surface area contributed by atoms with Crippen LogP contribution < -0.4 is 0 Å². The molecule has 0 spiro atoms. The van der Waals surface area contributed by atoms with Crippen molar-refractivity contribution in [2.75, 3.05) is 26.3 Å². The highest BCUT2D eigenvalue weighted by molar-refractivity contribution is 5.96. The number of amides is 1. The van der Waals surface area contributed by atoms with Crippen LogP contribution in [0.1, 0.15) is 41.4 Å². The van der Waals surface area contributed by atoms with E-state index in [-0.39, 0.29) is 5.91 Å². The van der Waals surface area contributed by atoms with Crippen LogP contribution in [0.25, 0.3) is 5.69 Å². The normalized spacial score (nSPS) is 14.7. The van der Waals surface area contributed by atoms with E-state index in [4.69, 9.17) is 4.74 Å². The molecule has 124 valence electrons. The van der Waals surface area contributed by atoms with Gasteiger partial charge in [-0.3, -0.25) is 4.79 Å². The van der Waals surface area contributed by atoms with Gasteiger partial charge in [-0.1, -0.05) is 26.0 Å². The topological polar surface area (TPSA) is 58.3 Å². The quantitative estimate of drug-likeness (QED) is 0.872. The van der Waals surface area contributed by atoms with Crippen molar-refractivity contribution in [1.82, 2.24) is 9.47 Å². The van der Waals surface area contributed by atoms with E-state index in [1.807, 2.05) is 12.1 Å². The Kier molecular flexibility index (Phi) is 4.68. The van der Waals surface area contributed by atoms with E-state index in [9.17, 15) is 10.1 Å². The van der Waals surface area contributed by atoms with Gasteiger partial charge in [-0.15, -0.1) is 0 Å². The maximum atomic E-state index is 12.9. The SMILES string of the molecule is CC(C)c1ccc(-n2ccc(C#N)c2C(=O)N2CCOCC2)cc1. The number of benzene rings is 1. The van der Waals surface area contributed by atoms with E-state index >= 15 is 0 Å². The van der Waals surface area contributed by atoms with Gasteiger partial charge in [0.05, 0.1) is 18.8 Å². The van der Waals surface area contributed by atoms with Crippen LogP contribution in [0.2, 0.25) is 0 Å². The minimum atomic E-state index is -0.118. The van der Waals surface area contributed by atoms with Crippen molar-refractivity contribution in [2.24, 2.45) is 0 Å². The summed E-state index contributed by atoms with van der Waals surface area (Å²) in [5.41, 5.74) is 2.96. The molecule has 1 aromatic heterocycles. The van der Waals surface area contributed by atoms with Crippen LogP contribution in [-0.2, 0) is 4.74 Å². The average Bonchev–Trinajstić information content (AvgIpc) is 3.06. The molecule has 5 heteroatoms. The van der Waals surface area contributed by atoms with Gasteiger partial charge in [0.25, 0.3) is 5.91 Å². The van der Waals surface area contributed by atoms with Gasteiger partial charge in [-0.25, -0.2) is 0 Å². The Morgan fingerprint density at radius 2 is 1.83 bits per heavy atom. The van der Waals surface area contributed by atoms with Gasteiger partial charge in [-0.2, -0.15) is 5.26 Å². The second kappa shape index (κ2) is 6.90. The molecule has 0 unspecified atom stereocenters. The Hall–Kier alpha value is -2.58. The molecule has 1 aliphatic heterocycles. The standard InChI is InChI=1S/C19H21N3O2/c1-14(2)15-3-5-17(6-4-15)22-8-7-16(13-20)18(22)19(23)21-9-11-24-12-10-21/h3-8,14H,9-12H2,1-2H3. The molecule has 0 aliphatic carbocycles. The number of hydrogen-bond acceptors (Lipinski definition) is 3. The van der Waals surface area contributed by atoms with Crippen LogP contribution in [0.3, 0.4) is 0 Å². The summed E-state index contributed by atoms with van der Waals surface area (Å²) in [5.74, 6) is 0.334. The van der Waals surface area contributed by atoms with E-state index in [2.05, 4.69) is 32.0 Å². The number of nitriles is 1. The van der Waals surface area contributed by atoms with E-state index < -0.39 is 0 Å². The lowest BCUT2D eigenvalue weighted by Crippen LogP contribution is -2.41. The third kappa shape index (κ3) is 3.06. The Morgan fingerprint density at radius 3 is 2.42 bits per heavy atom. The molecule has 1 saturated heterocycles. The van der Waals surface area contributed by atoms with E-state index in [0.29, 0.717) is 43.5 Å². The zero-order chi connectivity index (χ0) is 17.1. The minimum absolute atomic E-state index is 0.118. The number of nitrogens with zero attached hydrogens (tertiary/aromatic N) is 3. The molecule has 0 atom stereocenters. The third-order valence-electron chi connectivity index (χ3n) is 4.35. The maximum absolute atomic E-state index is 12.9. The van der Waals surface area contributed by atoms with Crippen molar-refractivity contribution in [2.45, 2.75) is 19.8 Å². The van der Waals surface area contributed by atoms with Crippen LogP contribution in [0, 0.1) is 11.3 Å². The van der Waals surface area contributed by atoms with Gasteiger partial charge >= 0.3 is 0 Å². The second-order valence-corrected chi connectivity index (χ2v) is 6.21. The lowest BCUT2D eigenvalue weighted by Gasteiger charge is -2.27. The van der Waals surface area contributed by atoms with Crippen molar-refractivity contribution in [3.05, 3.63) is 53.3 Å². The van der Waals surface area contributed by atoms with Crippen molar-refractivity contribution in [3.8, 4) is 11.8 Å². The molecular weight excluding hydrogens is 302 g/mol. The van der Waals surface area contributed by atoms with Crippen LogP contribution >= 0.6 is 0 Å². The number of carbonyl (C=O) groups is 1. The molecule has 0 saturated carbocycles. The highest BCUT2D eigenvalue weighted by Crippen LogP contribution is 2.22. The molecule has 1 aliphatic rings. The van der Waals surface area contributed by atoms with Crippen molar-refractivity contribution < 1.29 is 9.53 Å². The summed E-state index contributed by atoms with van der Waals surface area (Å²) in [5, 5.41) is 9.38. The molecule has 2 aromatic rings. The molecule has 0 radical (unpaired) electrons. The number of aromatic nitrogens is 1. The zero-order valence-electron chi connectivity index (χ0n) is 14.0. The van der Waals surface area contributed by atoms with E-state index in [1.54, 1.807) is 21.7 Å². The summed E-state index contributed by atoms with van der Waals surface area (Å²) >= 11 is 0. The Bertz CT molecular complexity index is 763.